The molecule has 4 unspecified atom stereocenters. The minimum Gasteiger partial charge on any atom is -0.392 e. The second-order valence-electron chi connectivity index (χ2n) is 5.93. The summed E-state index contributed by atoms with van der Waals surface area (Å²) in [6, 6.07) is 6.57. The van der Waals surface area contributed by atoms with Gasteiger partial charge < -0.3 is 5.11 Å². The quantitative estimate of drug-likeness (QED) is 0.865. The Hall–Kier alpha value is -0.890. The summed E-state index contributed by atoms with van der Waals surface area (Å²) in [6.45, 7) is 4.56. The monoisotopic (exact) mass is 250 g/mol. The van der Waals surface area contributed by atoms with E-state index < -0.39 is 0 Å². The van der Waals surface area contributed by atoms with Gasteiger partial charge in [0.15, 0.2) is 0 Å². The zero-order chi connectivity index (χ0) is 13.1. The number of aliphatic hydroxyl groups excluding tert-OH is 1. The first kappa shape index (κ1) is 13.5. The zero-order valence-electron chi connectivity index (χ0n) is 11.3. The first-order valence-electron chi connectivity index (χ1n) is 6.98. The summed E-state index contributed by atoms with van der Waals surface area (Å²) in [5, 5.41) is 10.3. The van der Waals surface area contributed by atoms with Crippen LogP contribution in [-0.4, -0.2) is 11.2 Å². The fraction of sp³-hybridized carbons (Fsp3) is 0.625. The van der Waals surface area contributed by atoms with Crippen molar-refractivity contribution in [1.29, 1.82) is 0 Å². The van der Waals surface area contributed by atoms with Crippen molar-refractivity contribution in [2.24, 2.45) is 17.8 Å². The highest BCUT2D eigenvalue weighted by atomic mass is 19.1. The summed E-state index contributed by atoms with van der Waals surface area (Å²) in [5.74, 6) is 1.61. The van der Waals surface area contributed by atoms with Crippen molar-refractivity contribution >= 4 is 0 Å². The molecule has 1 saturated carbocycles. The van der Waals surface area contributed by atoms with Gasteiger partial charge in [0.25, 0.3) is 0 Å². The van der Waals surface area contributed by atoms with Gasteiger partial charge in [0, 0.05) is 0 Å². The molecule has 4 atom stereocenters. The number of benzene rings is 1. The maximum atomic E-state index is 13.1. The molecule has 0 saturated heterocycles. The van der Waals surface area contributed by atoms with Gasteiger partial charge in [-0.1, -0.05) is 32.4 Å². The SMILES string of the molecule is CC1CCC(C(O)Cc2cccc(F)c2)CC1C. The Kier molecular flexibility index (Phi) is 4.39. The first-order valence-corrected chi connectivity index (χ1v) is 6.98. The highest BCUT2D eigenvalue weighted by molar-refractivity contribution is 5.17. The van der Waals surface area contributed by atoms with Gasteiger partial charge in [-0.3, -0.25) is 0 Å². The molecular weight excluding hydrogens is 227 g/mol. The number of rotatable bonds is 3. The van der Waals surface area contributed by atoms with Crippen LogP contribution < -0.4 is 0 Å². The summed E-state index contributed by atoms with van der Waals surface area (Å²) >= 11 is 0. The van der Waals surface area contributed by atoms with Gasteiger partial charge in [0.1, 0.15) is 5.82 Å². The van der Waals surface area contributed by atoms with Gasteiger partial charge in [-0.15, -0.1) is 0 Å². The van der Waals surface area contributed by atoms with E-state index in [0.717, 1.165) is 24.3 Å². The standard InChI is InChI=1S/C16H23FO/c1-11-6-7-14(8-12(11)2)16(18)10-13-4-3-5-15(17)9-13/h3-5,9,11-12,14,16,18H,6-8,10H2,1-2H3. The van der Waals surface area contributed by atoms with Crippen molar-refractivity contribution in [3.63, 3.8) is 0 Å². The molecule has 0 aromatic heterocycles. The van der Waals surface area contributed by atoms with E-state index in [9.17, 15) is 9.50 Å². The molecule has 1 aliphatic carbocycles. The molecule has 1 aliphatic rings. The molecule has 1 nitrogen and oxygen atoms in total. The lowest BCUT2D eigenvalue weighted by Crippen LogP contribution is -2.30. The van der Waals surface area contributed by atoms with Crippen molar-refractivity contribution in [2.45, 2.75) is 45.6 Å². The van der Waals surface area contributed by atoms with Crippen LogP contribution in [0.2, 0.25) is 0 Å². The van der Waals surface area contributed by atoms with E-state index in [0.29, 0.717) is 18.3 Å². The largest absolute Gasteiger partial charge is 0.392 e. The summed E-state index contributed by atoms with van der Waals surface area (Å²) in [5.41, 5.74) is 0.897. The van der Waals surface area contributed by atoms with E-state index in [2.05, 4.69) is 13.8 Å². The minimum absolute atomic E-state index is 0.217. The third kappa shape index (κ3) is 3.32. The Morgan fingerprint density at radius 2 is 2.06 bits per heavy atom. The number of hydrogen-bond donors (Lipinski definition) is 1. The topological polar surface area (TPSA) is 20.2 Å². The van der Waals surface area contributed by atoms with Crippen molar-refractivity contribution in [1.82, 2.24) is 0 Å². The van der Waals surface area contributed by atoms with E-state index in [1.807, 2.05) is 6.07 Å². The lowest BCUT2D eigenvalue weighted by atomic mass is 9.73. The predicted octanol–water partition coefficient (Wildman–Crippen LogP) is 3.80. The third-order valence-electron chi connectivity index (χ3n) is 4.52. The van der Waals surface area contributed by atoms with Crippen molar-refractivity contribution in [2.75, 3.05) is 0 Å². The zero-order valence-corrected chi connectivity index (χ0v) is 11.3. The third-order valence-corrected chi connectivity index (χ3v) is 4.52. The Bertz CT molecular complexity index is 390. The van der Waals surface area contributed by atoms with Crippen LogP contribution in [0.5, 0.6) is 0 Å². The average molecular weight is 250 g/mol. The predicted molar refractivity (Wildman–Crippen MR) is 71.8 cm³/mol. The normalized spacial score (nSPS) is 30.1. The molecule has 0 bridgehead atoms. The maximum absolute atomic E-state index is 13.1. The molecule has 0 radical (unpaired) electrons. The van der Waals surface area contributed by atoms with Gasteiger partial charge in [0.05, 0.1) is 6.10 Å². The van der Waals surface area contributed by atoms with Crippen molar-refractivity contribution < 1.29 is 9.50 Å². The smallest absolute Gasteiger partial charge is 0.123 e. The van der Waals surface area contributed by atoms with E-state index in [1.54, 1.807) is 6.07 Å². The molecule has 0 aliphatic heterocycles. The Morgan fingerprint density at radius 3 is 2.72 bits per heavy atom. The van der Waals surface area contributed by atoms with Crippen LogP contribution in [0, 0.1) is 23.6 Å². The molecule has 0 heterocycles. The van der Waals surface area contributed by atoms with E-state index in [4.69, 9.17) is 0 Å². The van der Waals surface area contributed by atoms with Crippen LogP contribution in [0.3, 0.4) is 0 Å². The highest BCUT2D eigenvalue weighted by Gasteiger charge is 2.29. The fourth-order valence-corrected chi connectivity index (χ4v) is 3.01. The molecule has 1 aromatic carbocycles. The van der Waals surface area contributed by atoms with Gasteiger partial charge in [-0.2, -0.15) is 0 Å². The molecule has 0 amide bonds. The first-order chi connectivity index (χ1) is 8.56. The van der Waals surface area contributed by atoms with Crippen molar-refractivity contribution in [3.05, 3.63) is 35.6 Å². The lowest BCUT2D eigenvalue weighted by Gasteiger charge is -2.34. The van der Waals surface area contributed by atoms with Crippen LogP contribution in [0.1, 0.15) is 38.7 Å². The summed E-state index contributed by atoms with van der Waals surface area (Å²) in [7, 11) is 0. The van der Waals surface area contributed by atoms with Crippen LogP contribution in [0.4, 0.5) is 4.39 Å². The van der Waals surface area contributed by atoms with Gasteiger partial charge in [-0.25, -0.2) is 4.39 Å². The van der Waals surface area contributed by atoms with Gasteiger partial charge in [-0.05, 0) is 54.7 Å². The molecule has 2 rings (SSSR count). The van der Waals surface area contributed by atoms with Crippen LogP contribution in [-0.2, 0) is 6.42 Å². The second kappa shape index (κ2) is 5.83. The second-order valence-corrected chi connectivity index (χ2v) is 5.93. The Balaban J connectivity index is 1.94. The highest BCUT2D eigenvalue weighted by Crippen LogP contribution is 2.35. The maximum Gasteiger partial charge on any atom is 0.123 e. The van der Waals surface area contributed by atoms with E-state index in [1.165, 1.54) is 18.6 Å². The molecule has 1 aromatic rings. The van der Waals surface area contributed by atoms with E-state index in [-0.39, 0.29) is 11.9 Å². The lowest BCUT2D eigenvalue weighted by molar-refractivity contribution is 0.0570. The molecule has 18 heavy (non-hydrogen) atoms. The number of aliphatic hydroxyl groups is 1. The van der Waals surface area contributed by atoms with Crippen LogP contribution >= 0.6 is 0 Å². The average Bonchev–Trinajstić information content (AvgIpc) is 2.32. The summed E-state index contributed by atoms with van der Waals surface area (Å²) in [4.78, 5) is 0. The molecule has 1 N–H and O–H groups in total. The molecule has 2 heteroatoms. The fourth-order valence-electron chi connectivity index (χ4n) is 3.01. The minimum atomic E-state index is -0.332. The summed E-state index contributed by atoms with van der Waals surface area (Å²) in [6.07, 6.45) is 3.64. The van der Waals surface area contributed by atoms with E-state index >= 15 is 0 Å². The molecular formula is C16H23FO. The van der Waals surface area contributed by atoms with Gasteiger partial charge in [0.2, 0.25) is 0 Å². The molecule has 1 fully saturated rings. The Labute approximate surface area is 109 Å². The Morgan fingerprint density at radius 1 is 1.28 bits per heavy atom. The number of halogens is 1. The van der Waals surface area contributed by atoms with Crippen LogP contribution in [0.25, 0.3) is 0 Å². The molecule has 100 valence electrons. The molecule has 0 spiro atoms. The van der Waals surface area contributed by atoms with Crippen molar-refractivity contribution in [3.8, 4) is 0 Å². The number of hydrogen-bond acceptors (Lipinski definition) is 1. The summed E-state index contributed by atoms with van der Waals surface area (Å²) < 4.78 is 13.1. The van der Waals surface area contributed by atoms with Gasteiger partial charge >= 0.3 is 0 Å². The van der Waals surface area contributed by atoms with Crippen LogP contribution in [0.15, 0.2) is 24.3 Å².